The van der Waals surface area contributed by atoms with Gasteiger partial charge in [0.05, 0.1) is 18.9 Å². The average molecular weight is 391 g/mol. The molecule has 1 aliphatic rings. The van der Waals surface area contributed by atoms with Crippen LogP contribution in [0, 0.1) is 0 Å². The van der Waals surface area contributed by atoms with Gasteiger partial charge >= 0.3 is 6.03 Å². The molecule has 0 atom stereocenters. The van der Waals surface area contributed by atoms with Gasteiger partial charge in [-0.15, -0.1) is 0 Å². The Morgan fingerprint density at radius 3 is 2.41 bits per heavy atom. The molecular formula is C20H23ClN2O4. The summed E-state index contributed by atoms with van der Waals surface area (Å²) < 4.78 is 11.0. The molecular weight excluding hydrogens is 368 g/mol. The molecule has 1 aliphatic carbocycles. The van der Waals surface area contributed by atoms with Crippen LogP contribution in [0.2, 0.25) is 5.02 Å². The third kappa shape index (κ3) is 5.52. The maximum absolute atomic E-state index is 12.4. The van der Waals surface area contributed by atoms with Crippen LogP contribution < -0.4 is 20.1 Å². The fourth-order valence-corrected chi connectivity index (χ4v) is 3.20. The number of carbonyl (C=O) groups is 1. The monoisotopic (exact) mass is 390 g/mol. The number of ether oxygens (including phenoxy) is 2. The number of nitrogens with one attached hydrogen (secondary N) is 2. The van der Waals surface area contributed by atoms with Gasteiger partial charge < -0.3 is 25.2 Å². The van der Waals surface area contributed by atoms with Crippen LogP contribution in [0.3, 0.4) is 0 Å². The van der Waals surface area contributed by atoms with Crippen LogP contribution in [-0.4, -0.2) is 30.4 Å². The van der Waals surface area contributed by atoms with Crippen LogP contribution in [0.1, 0.15) is 25.7 Å². The summed E-state index contributed by atoms with van der Waals surface area (Å²) in [7, 11) is 1.60. The minimum absolute atomic E-state index is 0.0542. The Labute approximate surface area is 163 Å². The van der Waals surface area contributed by atoms with E-state index in [9.17, 15) is 9.90 Å². The molecule has 1 saturated carbocycles. The normalized spacial score (nSPS) is 19.2. The van der Waals surface area contributed by atoms with Gasteiger partial charge in [-0.1, -0.05) is 11.6 Å². The number of carbonyl (C=O) groups excluding carboxylic acids is 1. The molecule has 0 saturated heterocycles. The zero-order valence-corrected chi connectivity index (χ0v) is 15.8. The standard InChI is InChI=1S/C20H23ClN2O4/c1-26-16-7-9-17(10-8-16)27-19-11-2-13(21)12-18(19)23-20(25)22-14-3-5-15(24)6-4-14/h2,7-12,14-15,24H,3-6H2,1H3,(H2,22,23,25). The Morgan fingerprint density at radius 2 is 1.74 bits per heavy atom. The van der Waals surface area contributed by atoms with E-state index >= 15 is 0 Å². The first kappa shape index (κ1) is 19.3. The average Bonchev–Trinajstić information content (AvgIpc) is 2.66. The van der Waals surface area contributed by atoms with Crippen LogP contribution in [-0.2, 0) is 0 Å². The summed E-state index contributed by atoms with van der Waals surface area (Å²) in [6, 6.07) is 11.9. The number of urea groups is 1. The summed E-state index contributed by atoms with van der Waals surface area (Å²) in [6.07, 6.45) is 2.67. The summed E-state index contributed by atoms with van der Waals surface area (Å²) in [5.41, 5.74) is 0.478. The first-order valence-corrected chi connectivity index (χ1v) is 9.28. The van der Waals surface area contributed by atoms with Crippen LogP contribution in [0.5, 0.6) is 17.2 Å². The van der Waals surface area contributed by atoms with Crippen molar-refractivity contribution in [2.45, 2.75) is 37.8 Å². The third-order valence-corrected chi connectivity index (χ3v) is 4.74. The first-order valence-electron chi connectivity index (χ1n) is 8.90. The topological polar surface area (TPSA) is 79.8 Å². The Kier molecular flexibility index (Phi) is 6.42. The molecule has 0 aromatic heterocycles. The summed E-state index contributed by atoms with van der Waals surface area (Å²) in [5, 5.41) is 15.8. The second-order valence-corrected chi connectivity index (χ2v) is 6.96. The lowest BCUT2D eigenvalue weighted by Gasteiger charge is -2.26. The van der Waals surface area contributed by atoms with Gasteiger partial charge in [0.2, 0.25) is 0 Å². The Hall–Kier alpha value is -2.44. The first-order chi connectivity index (χ1) is 13.0. The third-order valence-electron chi connectivity index (χ3n) is 4.51. The molecule has 0 spiro atoms. The van der Waals surface area contributed by atoms with Crippen molar-refractivity contribution in [3.05, 3.63) is 47.5 Å². The van der Waals surface area contributed by atoms with E-state index in [1.54, 1.807) is 49.6 Å². The van der Waals surface area contributed by atoms with E-state index in [4.69, 9.17) is 21.1 Å². The van der Waals surface area contributed by atoms with E-state index in [-0.39, 0.29) is 18.2 Å². The fraction of sp³-hybridized carbons (Fsp3) is 0.350. The van der Waals surface area contributed by atoms with E-state index in [1.807, 2.05) is 0 Å². The molecule has 6 nitrogen and oxygen atoms in total. The second-order valence-electron chi connectivity index (χ2n) is 6.52. The minimum atomic E-state index is -0.321. The molecule has 0 heterocycles. The highest BCUT2D eigenvalue weighted by Crippen LogP contribution is 2.32. The van der Waals surface area contributed by atoms with Gasteiger partial charge in [-0.05, 0) is 68.1 Å². The van der Waals surface area contributed by atoms with Crippen molar-refractivity contribution in [1.82, 2.24) is 5.32 Å². The molecule has 144 valence electrons. The van der Waals surface area contributed by atoms with Crippen LogP contribution >= 0.6 is 11.6 Å². The molecule has 0 aliphatic heterocycles. The number of rotatable bonds is 5. The number of hydrogen-bond donors (Lipinski definition) is 3. The van der Waals surface area contributed by atoms with Crippen molar-refractivity contribution in [3.8, 4) is 17.2 Å². The SMILES string of the molecule is COc1ccc(Oc2ccc(Cl)cc2NC(=O)NC2CCC(O)CC2)cc1. The summed E-state index contributed by atoms with van der Waals surface area (Å²) in [5.74, 6) is 1.83. The fourth-order valence-electron chi connectivity index (χ4n) is 3.02. The molecule has 7 heteroatoms. The highest BCUT2D eigenvalue weighted by atomic mass is 35.5. The van der Waals surface area contributed by atoms with Crippen LogP contribution in [0.4, 0.5) is 10.5 Å². The zero-order chi connectivity index (χ0) is 19.2. The predicted molar refractivity (Wildman–Crippen MR) is 105 cm³/mol. The van der Waals surface area contributed by atoms with E-state index in [1.165, 1.54) is 0 Å². The van der Waals surface area contributed by atoms with Gasteiger partial charge in [0.1, 0.15) is 11.5 Å². The second kappa shape index (κ2) is 8.97. The summed E-state index contributed by atoms with van der Waals surface area (Å²) >= 11 is 6.08. The number of aliphatic hydroxyl groups excluding tert-OH is 1. The Balaban J connectivity index is 1.66. The van der Waals surface area contributed by atoms with Gasteiger partial charge in [0.25, 0.3) is 0 Å². The van der Waals surface area contributed by atoms with Gasteiger partial charge in [-0.2, -0.15) is 0 Å². The molecule has 2 aromatic carbocycles. The van der Waals surface area contributed by atoms with Crippen molar-refractivity contribution in [2.75, 3.05) is 12.4 Å². The maximum atomic E-state index is 12.4. The van der Waals surface area contributed by atoms with Crippen molar-refractivity contribution in [2.24, 2.45) is 0 Å². The molecule has 3 rings (SSSR count). The summed E-state index contributed by atoms with van der Waals surface area (Å²) in [6.45, 7) is 0. The lowest BCUT2D eigenvalue weighted by molar-refractivity contribution is 0.118. The van der Waals surface area contributed by atoms with Crippen LogP contribution in [0.15, 0.2) is 42.5 Å². The number of benzene rings is 2. The highest BCUT2D eigenvalue weighted by Gasteiger charge is 2.21. The molecule has 27 heavy (non-hydrogen) atoms. The van der Waals surface area contributed by atoms with Crippen molar-refractivity contribution >= 4 is 23.3 Å². The quantitative estimate of drug-likeness (QED) is 0.698. The molecule has 1 fully saturated rings. The lowest BCUT2D eigenvalue weighted by atomic mass is 9.93. The lowest BCUT2D eigenvalue weighted by Crippen LogP contribution is -2.40. The van der Waals surface area contributed by atoms with Gasteiger partial charge in [0, 0.05) is 11.1 Å². The van der Waals surface area contributed by atoms with E-state index < -0.39 is 0 Å². The smallest absolute Gasteiger partial charge is 0.319 e. The van der Waals surface area contributed by atoms with Gasteiger partial charge in [-0.3, -0.25) is 0 Å². The Morgan fingerprint density at radius 1 is 1.07 bits per heavy atom. The molecule has 0 unspecified atom stereocenters. The van der Waals surface area contributed by atoms with Gasteiger partial charge in [0.15, 0.2) is 5.75 Å². The number of anilines is 1. The zero-order valence-electron chi connectivity index (χ0n) is 15.1. The highest BCUT2D eigenvalue weighted by molar-refractivity contribution is 6.31. The number of amides is 2. The minimum Gasteiger partial charge on any atom is -0.497 e. The number of methoxy groups -OCH3 is 1. The molecule has 0 bridgehead atoms. The van der Waals surface area contributed by atoms with Crippen LogP contribution in [0.25, 0.3) is 0 Å². The molecule has 2 aromatic rings. The van der Waals surface area contributed by atoms with E-state index in [0.717, 1.165) is 18.6 Å². The maximum Gasteiger partial charge on any atom is 0.319 e. The van der Waals surface area contributed by atoms with Crippen molar-refractivity contribution < 1.29 is 19.4 Å². The molecule has 2 amide bonds. The van der Waals surface area contributed by atoms with Crippen molar-refractivity contribution in [1.29, 1.82) is 0 Å². The van der Waals surface area contributed by atoms with E-state index in [0.29, 0.717) is 35.1 Å². The summed E-state index contributed by atoms with van der Waals surface area (Å²) in [4.78, 5) is 12.4. The van der Waals surface area contributed by atoms with Gasteiger partial charge in [-0.25, -0.2) is 4.79 Å². The molecule has 0 radical (unpaired) electrons. The van der Waals surface area contributed by atoms with Crippen molar-refractivity contribution in [3.63, 3.8) is 0 Å². The molecule has 3 N–H and O–H groups in total. The Bertz CT molecular complexity index is 774. The number of aliphatic hydroxyl groups is 1. The predicted octanol–water partition coefficient (Wildman–Crippen LogP) is 4.57. The van der Waals surface area contributed by atoms with E-state index in [2.05, 4.69) is 10.6 Å². The largest absolute Gasteiger partial charge is 0.497 e. The number of halogens is 1. The number of hydrogen-bond acceptors (Lipinski definition) is 4.